The minimum atomic E-state index is -0.720. The number of benzene rings is 1. The molecule has 2 rings (SSSR count). The highest BCUT2D eigenvalue weighted by Gasteiger charge is 2.08. The molecule has 0 saturated carbocycles. The van der Waals surface area contributed by atoms with Crippen LogP contribution in [0.1, 0.15) is 11.7 Å². The fourth-order valence-corrected chi connectivity index (χ4v) is 1.53. The van der Waals surface area contributed by atoms with Gasteiger partial charge in [0.05, 0.1) is 5.56 Å². The summed E-state index contributed by atoms with van der Waals surface area (Å²) >= 11 is 0. The van der Waals surface area contributed by atoms with Crippen molar-refractivity contribution in [2.45, 2.75) is 6.92 Å². The van der Waals surface area contributed by atoms with E-state index in [9.17, 15) is 14.4 Å². The summed E-state index contributed by atoms with van der Waals surface area (Å²) in [6, 6.07) is 8.84. The summed E-state index contributed by atoms with van der Waals surface area (Å²) in [6.07, 6.45) is 1.26. The second kappa shape index (κ2) is 4.21. The monoisotopic (exact) mass is 230 g/mol. The second-order valence-corrected chi connectivity index (χ2v) is 3.56. The molecule has 86 valence electrons. The van der Waals surface area contributed by atoms with Crippen molar-refractivity contribution in [2.75, 3.05) is 0 Å². The van der Waals surface area contributed by atoms with Gasteiger partial charge in [-0.2, -0.15) is 0 Å². The van der Waals surface area contributed by atoms with Crippen molar-refractivity contribution >= 4 is 5.91 Å². The molecule has 0 unspecified atom stereocenters. The maximum atomic E-state index is 11.6. The molecule has 17 heavy (non-hydrogen) atoms. The van der Waals surface area contributed by atoms with E-state index in [-0.39, 0.29) is 0 Å². The highest BCUT2D eigenvalue weighted by Crippen LogP contribution is 2.12. The lowest BCUT2D eigenvalue weighted by Crippen LogP contribution is -2.33. The third-order valence-corrected chi connectivity index (χ3v) is 2.37. The molecular weight excluding hydrogens is 220 g/mol. The molecule has 0 saturated heterocycles. The number of aromatic nitrogens is 2. The zero-order valence-corrected chi connectivity index (χ0v) is 9.14. The number of rotatable bonds is 1. The molecule has 0 fully saturated rings. The summed E-state index contributed by atoms with van der Waals surface area (Å²) in [5.74, 6) is -0.441. The van der Waals surface area contributed by atoms with Crippen molar-refractivity contribution in [3.05, 3.63) is 57.4 Å². The van der Waals surface area contributed by atoms with Crippen LogP contribution in [0.3, 0.4) is 0 Å². The highest BCUT2D eigenvalue weighted by molar-refractivity contribution is 5.77. The van der Waals surface area contributed by atoms with Crippen LogP contribution < -0.4 is 11.2 Å². The van der Waals surface area contributed by atoms with Crippen LogP contribution >= 0.6 is 0 Å². The van der Waals surface area contributed by atoms with E-state index in [1.165, 1.54) is 13.1 Å². The van der Waals surface area contributed by atoms with Gasteiger partial charge in [-0.05, 0) is 5.56 Å². The average Bonchev–Trinajstić information content (AvgIpc) is 2.29. The van der Waals surface area contributed by atoms with E-state index in [0.717, 1.165) is 4.57 Å². The smallest absolute Gasteiger partial charge is 0.274 e. The maximum Gasteiger partial charge on any atom is 0.335 e. The normalized spacial score (nSPS) is 10.2. The number of carbonyl (C=O) groups excluding carboxylic acids is 1. The molecular formula is C12H10N2O3. The Morgan fingerprint density at radius 3 is 2.41 bits per heavy atom. The lowest BCUT2D eigenvalue weighted by Gasteiger charge is -2.03. The zero-order valence-electron chi connectivity index (χ0n) is 9.14. The Labute approximate surface area is 96.4 Å². The van der Waals surface area contributed by atoms with Gasteiger partial charge in [-0.25, -0.2) is 9.36 Å². The molecule has 0 aliphatic rings. The van der Waals surface area contributed by atoms with Crippen molar-refractivity contribution in [1.82, 2.24) is 9.55 Å². The second-order valence-electron chi connectivity index (χ2n) is 3.56. The van der Waals surface area contributed by atoms with Gasteiger partial charge in [-0.15, -0.1) is 0 Å². The molecule has 0 aliphatic carbocycles. The largest absolute Gasteiger partial charge is 0.335 e. The van der Waals surface area contributed by atoms with E-state index in [1.807, 2.05) is 6.07 Å². The standard InChI is InChI=1S/C12H10N2O3/c1-8(15)14-7-10(11(16)13-12(14)17)9-5-3-2-4-6-9/h2-7H,1H3,(H,13,16,17). The lowest BCUT2D eigenvalue weighted by atomic mass is 10.1. The molecule has 1 N–H and O–H groups in total. The average molecular weight is 230 g/mol. The van der Waals surface area contributed by atoms with Crippen molar-refractivity contribution in [2.24, 2.45) is 0 Å². The van der Waals surface area contributed by atoms with Crippen LogP contribution in [-0.2, 0) is 0 Å². The van der Waals surface area contributed by atoms with Gasteiger partial charge < -0.3 is 0 Å². The molecule has 0 spiro atoms. The van der Waals surface area contributed by atoms with Gasteiger partial charge in [-0.3, -0.25) is 14.6 Å². The fourth-order valence-electron chi connectivity index (χ4n) is 1.53. The van der Waals surface area contributed by atoms with E-state index in [2.05, 4.69) is 4.98 Å². The van der Waals surface area contributed by atoms with Gasteiger partial charge in [0.1, 0.15) is 0 Å². The number of hydrogen-bond acceptors (Lipinski definition) is 3. The first kappa shape index (κ1) is 11.1. The Morgan fingerprint density at radius 1 is 1.18 bits per heavy atom. The minimum Gasteiger partial charge on any atom is -0.274 e. The molecule has 2 aromatic rings. The SMILES string of the molecule is CC(=O)n1cc(-c2ccccc2)c(=O)[nH]c1=O. The van der Waals surface area contributed by atoms with Gasteiger partial charge in [0.15, 0.2) is 0 Å². The van der Waals surface area contributed by atoms with Gasteiger partial charge >= 0.3 is 5.69 Å². The summed E-state index contributed by atoms with van der Waals surface area (Å²) in [5.41, 5.74) is -0.273. The number of H-pyrrole nitrogens is 1. The van der Waals surface area contributed by atoms with E-state index < -0.39 is 17.2 Å². The first-order chi connectivity index (χ1) is 8.09. The molecule has 0 aliphatic heterocycles. The first-order valence-corrected chi connectivity index (χ1v) is 5.02. The van der Waals surface area contributed by atoms with E-state index in [4.69, 9.17) is 0 Å². The summed E-state index contributed by atoms with van der Waals surface area (Å²) in [5, 5.41) is 0. The lowest BCUT2D eigenvalue weighted by molar-refractivity contribution is 0.0930. The van der Waals surface area contributed by atoms with Gasteiger partial charge in [0.2, 0.25) is 5.91 Å². The first-order valence-electron chi connectivity index (χ1n) is 5.02. The van der Waals surface area contributed by atoms with E-state index >= 15 is 0 Å². The maximum absolute atomic E-state index is 11.6. The Hall–Kier alpha value is -2.43. The predicted molar refractivity (Wildman–Crippen MR) is 63.1 cm³/mol. The van der Waals surface area contributed by atoms with Crippen LogP contribution in [0.25, 0.3) is 11.1 Å². The van der Waals surface area contributed by atoms with Crippen molar-refractivity contribution in [1.29, 1.82) is 0 Å². The highest BCUT2D eigenvalue weighted by atomic mass is 16.2. The summed E-state index contributed by atoms with van der Waals surface area (Å²) in [6.45, 7) is 1.26. The van der Waals surface area contributed by atoms with Crippen LogP contribution in [0, 0.1) is 0 Å². The summed E-state index contributed by atoms with van der Waals surface area (Å²) < 4.78 is 0.879. The van der Waals surface area contributed by atoms with Crippen LogP contribution in [0.2, 0.25) is 0 Å². The van der Waals surface area contributed by atoms with Crippen molar-refractivity contribution < 1.29 is 4.79 Å². The van der Waals surface area contributed by atoms with E-state index in [0.29, 0.717) is 11.1 Å². The molecule has 1 aromatic carbocycles. The number of aromatic amines is 1. The number of nitrogens with zero attached hydrogens (tertiary/aromatic N) is 1. The van der Waals surface area contributed by atoms with Crippen LogP contribution in [0.15, 0.2) is 46.1 Å². The molecule has 5 nitrogen and oxygen atoms in total. The number of carbonyl (C=O) groups is 1. The zero-order chi connectivity index (χ0) is 12.4. The summed E-state index contributed by atoms with van der Waals surface area (Å²) in [7, 11) is 0. The van der Waals surface area contributed by atoms with Crippen LogP contribution in [0.4, 0.5) is 0 Å². The molecule has 0 bridgehead atoms. The van der Waals surface area contributed by atoms with Crippen molar-refractivity contribution in [3.63, 3.8) is 0 Å². The summed E-state index contributed by atoms with van der Waals surface area (Å²) in [4.78, 5) is 36.3. The van der Waals surface area contributed by atoms with Gasteiger partial charge in [0, 0.05) is 13.1 Å². The molecule has 1 aromatic heterocycles. The topological polar surface area (TPSA) is 71.9 Å². The van der Waals surface area contributed by atoms with Crippen LogP contribution in [-0.4, -0.2) is 15.5 Å². The Kier molecular flexibility index (Phi) is 2.74. The molecule has 0 amide bonds. The van der Waals surface area contributed by atoms with Crippen LogP contribution in [0.5, 0.6) is 0 Å². The molecule has 0 radical (unpaired) electrons. The fraction of sp³-hybridized carbons (Fsp3) is 0.0833. The molecule has 0 atom stereocenters. The molecule has 5 heteroatoms. The Bertz CT molecular complexity index is 668. The Morgan fingerprint density at radius 2 is 1.82 bits per heavy atom. The van der Waals surface area contributed by atoms with Gasteiger partial charge in [0.25, 0.3) is 5.56 Å². The van der Waals surface area contributed by atoms with Crippen molar-refractivity contribution in [3.8, 4) is 11.1 Å². The third-order valence-electron chi connectivity index (χ3n) is 2.37. The third kappa shape index (κ3) is 2.08. The molecule has 1 heterocycles. The number of nitrogens with one attached hydrogen (secondary N) is 1. The quantitative estimate of drug-likeness (QED) is 0.789. The number of hydrogen-bond donors (Lipinski definition) is 1. The minimum absolute atomic E-state index is 0.292. The van der Waals surface area contributed by atoms with E-state index in [1.54, 1.807) is 24.3 Å². The predicted octanol–water partition coefficient (Wildman–Crippen LogP) is 0.864. The Balaban J connectivity index is 2.72. The van der Waals surface area contributed by atoms with Gasteiger partial charge in [-0.1, -0.05) is 30.3 Å².